The molecule has 0 bridgehead atoms. The molecule has 0 radical (unpaired) electrons. The summed E-state index contributed by atoms with van der Waals surface area (Å²) in [6, 6.07) is 9.32. The van der Waals surface area contributed by atoms with Crippen LogP contribution in [-0.2, 0) is 0 Å². The van der Waals surface area contributed by atoms with Gasteiger partial charge in [-0.2, -0.15) is 0 Å². The number of piperazine rings is 1. The Kier molecular flexibility index (Phi) is 5.19. The van der Waals surface area contributed by atoms with Crippen molar-refractivity contribution in [2.24, 2.45) is 0 Å². The smallest absolute Gasteiger partial charge is 0.0804 e. The SMILES string of the molecule is Cc1ccccc1C(O)CCN1CC(C)N(C)C(C)C1. The first kappa shape index (κ1) is 15.5. The Morgan fingerprint density at radius 1 is 1.20 bits per heavy atom. The third-order valence-corrected chi connectivity index (χ3v) is 4.70. The zero-order valence-corrected chi connectivity index (χ0v) is 13.2. The minimum Gasteiger partial charge on any atom is -0.388 e. The van der Waals surface area contributed by atoms with Crippen LogP contribution in [0.1, 0.15) is 37.5 Å². The molecular formula is C17H28N2O. The minimum absolute atomic E-state index is 0.346. The van der Waals surface area contributed by atoms with E-state index in [1.165, 1.54) is 5.56 Å². The van der Waals surface area contributed by atoms with Crippen LogP contribution in [0.3, 0.4) is 0 Å². The van der Waals surface area contributed by atoms with Crippen molar-refractivity contribution in [1.29, 1.82) is 0 Å². The highest BCUT2D eigenvalue weighted by Crippen LogP contribution is 2.21. The Labute approximate surface area is 123 Å². The molecule has 0 spiro atoms. The van der Waals surface area contributed by atoms with E-state index in [0.717, 1.165) is 31.6 Å². The van der Waals surface area contributed by atoms with Crippen LogP contribution in [0.2, 0.25) is 0 Å². The van der Waals surface area contributed by atoms with E-state index in [9.17, 15) is 5.11 Å². The molecule has 0 aliphatic carbocycles. The predicted octanol–water partition coefficient (Wildman–Crippen LogP) is 2.44. The zero-order valence-electron chi connectivity index (χ0n) is 13.2. The van der Waals surface area contributed by atoms with Gasteiger partial charge in [0.05, 0.1) is 6.10 Å². The highest BCUT2D eigenvalue weighted by atomic mass is 16.3. The summed E-state index contributed by atoms with van der Waals surface area (Å²) in [7, 11) is 2.20. The molecule has 112 valence electrons. The van der Waals surface area contributed by atoms with Crippen molar-refractivity contribution in [2.75, 3.05) is 26.7 Å². The summed E-state index contributed by atoms with van der Waals surface area (Å²) in [5.74, 6) is 0. The summed E-state index contributed by atoms with van der Waals surface area (Å²) in [4.78, 5) is 4.92. The van der Waals surface area contributed by atoms with E-state index in [1.807, 2.05) is 18.2 Å². The molecule has 0 aromatic heterocycles. The van der Waals surface area contributed by atoms with E-state index in [2.05, 4.69) is 43.7 Å². The van der Waals surface area contributed by atoms with Crippen LogP contribution in [0.15, 0.2) is 24.3 Å². The molecule has 0 amide bonds. The van der Waals surface area contributed by atoms with Crippen molar-refractivity contribution in [3.05, 3.63) is 35.4 Å². The van der Waals surface area contributed by atoms with Gasteiger partial charge in [-0.05, 0) is 45.4 Å². The summed E-state index contributed by atoms with van der Waals surface area (Å²) in [5.41, 5.74) is 2.25. The van der Waals surface area contributed by atoms with E-state index in [-0.39, 0.29) is 6.10 Å². The van der Waals surface area contributed by atoms with Gasteiger partial charge in [0, 0.05) is 31.7 Å². The molecule has 3 heteroatoms. The van der Waals surface area contributed by atoms with Crippen molar-refractivity contribution >= 4 is 0 Å². The molecule has 1 N–H and O–H groups in total. The zero-order chi connectivity index (χ0) is 14.7. The summed E-state index contributed by atoms with van der Waals surface area (Å²) < 4.78 is 0. The fourth-order valence-corrected chi connectivity index (χ4v) is 3.12. The second-order valence-corrected chi connectivity index (χ2v) is 6.28. The van der Waals surface area contributed by atoms with E-state index >= 15 is 0 Å². The van der Waals surface area contributed by atoms with E-state index in [1.54, 1.807) is 0 Å². The summed E-state index contributed by atoms with van der Waals surface area (Å²) >= 11 is 0. The Morgan fingerprint density at radius 3 is 2.40 bits per heavy atom. The third-order valence-electron chi connectivity index (χ3n) is 4.70. The number of rotatable bonds is 4. The monoisotopic (exact) mass is 276 g/mol. The molecule has 1 aliphatic heterocycles. The molecule has 3 unspecified atom stereocenters. The maximum absolute atomic E-state index is 10.4. The van der Waals surface area contributed by atoms with Crippen LogP contribution in [0, 0.1) is 6.92 Å². The molecule has 1 aromatic rings. The molecule has 1 aromatic carbocycles. The number of aliphatic hydroxyl groups excluding tert-OH is 1. The molecule has 1 fully saturated rings. The van der Waals surface area contributed by atoms with Gasteiger partial charge in [-0.1, -0.05) is 24.3 Å². The van der Waals surface area contributed by atoms with Crippen molar-refractivity contribution in [2.45, 2.75) is 45.4 Å². The quantitative estimate of drug-likeness (QED) is 0.915. The lowest BCUT2D eigenvalue weighted by molar-refractivity contribution is 0.0484. The van der Waals surface area contributed by atoms with Crippen molar-refractivity contribution in [3.8, 4) is 0 Å². The fraction of sp³-hybridized carbons (Fsp3) is 0.647. The molecule has 20 heavy (non-hydrogen) atoms. The van der Waals surface area contributed by atoms with Crippen LogP contribution < -0.4 is 0 Å². The predicted molar refractivity (Wildman–Crippen MR) is 83.9 cm³/mol. The fourth-order valence-electron chi connectivity index (χ4n) is 3.12. The van der Waals surface area contributed by atoms with Crippen LogP contribution in [-0.4, -0.2) is 53.7 Å². The van der Waals surface area contributed by atoms with Crippen molar-refractivity contribution in [1.82, 2.24) is 9.80 Å². The van der Waals surface area contributed by atoms with Gasteiger partial charge in [0.15, 0.2) is 0 Å². The molecule has 1 saturated heterocycles. The van der Waals surface area contributed by atoms with Gasteiger partial charge in [0.25, 0.3) is 0 Å². The van der Waals surface area contributed by atoms with Gasteiger partial charge in [-0.25, -0.2) is 0 Å². The Balaban J connectivity index is 1.88. The van der Waals surface area contributed by atoms with Crippen LogP contribution in [0.5, 0.6) is 0 Å². The Hall–Kier alpha value is -0.900. The Bertz CT molecular complexity index is 423. The first-order valence-electron chi connectivity index (χ1n) is 7.67. The number of nitrogens with zero attached hydrogens (tertiary/aromatic N) is 2. The van der Waals surface area contributed by atoms with Crippen LogP contribution in [0.25, 0.3) is 0 Å². The molecule has 0 saturated carbocycles. The molecular weight excluding hydrogens is 248 g/mol. The first-order valence-corrected chi connectivity index (χ1v) is 7.67. The van der Waals surface area contributed by atoms with Gasteiger partial charge in [0.1, 0.15) is 0 Å². The van der Waals surface area contributed by atoms with E-state index in [4.69, 9.17) is 0 Å². The van der Waals surface area contributed by atoms with Gasteiger partial charge >= 0.3 is 0 Å². The highest BCUT2D eigenvalue weighted by Gasteiger charge is 2.26. The third kappa shape index (κ3) is 3.60. The number of aliphatic hydroxyl groups is 1. The number of hydrogen-bond donors (Lipinski definition) is 1. The van der Waals surface area contributed by atoms with Gasteiger partial charge < -0.3 is 10.0 Å². The molecule has 3 nitrogen and oxygen atoms in total. The molecule has 2 rings (SSSR count). The largest absolute Gasteiger partial charge is 0.388 e. The molecule has 1 aliphatic rings. The lowest BCUT2D eigenvalue weighted by atomic mass is 10.0. The van der Waals surface area contributed by atoms with Crippen molar-refractivity contribution in [3.63, 3.8) is 0 Å². The number of benzene rings is 1. The topological polar surface area (TPSA) is 26.7 Å². The summed E-state index contributed by atoms with van der Waals surface area (Å²) in [6.45, 7) is 9.79. The first-order chi connectivity index (χ1) is 9.49. The average Bonchev–Trinajstić information content (AvgIpc) is 2.42. The maximum atomic E-state index is 10.4. The highest BCUT2D eigenvalue weighted by molar-refractivity contribution is 5.27. The standard InChI is InChI=1S/C17H28N2O/c1-13-7-5-6-8-16(13)17(20)9-10-19-11-14(2)18(4)15(3)12-19/h5-8,14-15,17,20H,9-12H2,1-4H3. The van der Waals surface area contributed by atoms with E-state index < -0.39 is 0 Å². The average molecular weight is 276 g/mol. The van der Waals surface area contributed by atoms with Crippen LogP contribution >= 0.6 is 0 Å². The summed E-state index contributed by atoms with van der Waals surface area (Å²) in [6.07, 6.45) is 0.468. The van der Waals surface area contributed by atoms with Gasteiger partial charge in [-0.3, -0.25) is 4.90 Å². The minimum atomic E-state index is -0.346. The lowest BCUT2D eigenvalue weighted by Gasteiger charge is -2.42. The second kappa shape index (κ2) is 6.70. The molecule has 3 atom stereocenters. The molecule has 1 heterocycles. The number of likely N-dealkylation sites (N-methyl/N-ethyl adjacent to an activating group) is 1. The number of aryl methyl sites for hydroxylation is 1. The maximum Gasteiger partial charge on any atom is 0.0804 e. The number of hydrogen-bond acceptors (Lipinski definition) is 3. The summed E-state index contributed by atoms with van der Waals surface area (Å²) in [5, 5.41) is 10.4. The lowest BCUT2D eigenvalue weighted by Crippen LogP contribution is -2.55. The van der Waals surface area contributed by atoms with Crippen molar-refractivity contribution < 1.29 is 5.11 Å². The van der Waals surface area contributed by atoms with E-state index in [0.29, 0.717) is 12.1 Å². The second-order valence-electron chi connectivity index (χ2n) is 6.28. The Morgan fingerprint density at radius 2 is 1.80 bits per heavy atom. The van der Waals surface area contributed by atoms with Crippen LogP contribution in [0.4, 0.5) is 0 Å². The normalized spacial score (nSPS) is 26.6. The van der Waals surface area contributed by atoms with Gasteiger partial charge in [0.2, 0.25) is 0 Å². The van der Waals surface area contributed by atoms with Gasteiger partial charge in [-0.15, -0.1) is 0 Å².